The van der Waals surface area contributed by atoms with Gasteiger partial charge in [0.1, 0.15) is 5.03 Å². The summed E-state index contributed by atoms with van der Waals surface area (Å²) in [5, 5.41) is 6.12. The van der Waals surface area contributed by atoms with Gasteiger partial charge in [0.05, 0.1) is 11.3 Å². The predicted molar refractivity (Wildman–Crippen MR) is 132 cm³/mol. The quantitative estimate of drug-likeness (QED) is 0.483. The molecule has 2 aliphatic rings. The smallest absolute Gasteiger partial charge is 0.258 e. The number of hydrogen-bond donors (Lipinski definition) is 2. The maximum Gasteiger partial charge on any atom is 0.258 e. The molecule has 1 aromatic heterocycles. The number of benzene rings is 2. The number of ether oxygens (including phenoxy) is 2. The Labute approximate surface area is 205 Å². The molecule has 2 aromatic carbocycles. The van der Waals surface area contributed by atoms with Crippen molar-refractivity contribution in [3.05, 3.63) is 66.4 Å². The van der Waals surface area contributed by atoms with Crippen molar-refractivity contribution in [3.8, 4) is 11.5 Å². The molecular formula is C25H22N4O5S. The molecule has 0 aliphatic carbocycles. The number of anilines is 3. The van der Waals surface area contributed by atoms with E-state index in [0.717, 1.165) is 12.1 Å². The number of carbonyl (C=O) groups excluding carboxylic acids is 3. The Morgan fingerprint density at radius 3 is 2.60 bits per heavy atom. The van der Waals surface area contributed by atoms with Crippen molar-refractivity contribution in [1.29, 1.82) is 0 Å². The van der Waals surface area contributed by atoms with Crippen LogP contribution in [0.4, 0.5) is 17.1 Å². The van der Waals surface area contributed by atoms with Crippen LogP contribution < -0.4 is 25.0 Å². The Hall–Kier alpha value is -4.05. The van der Waals surface area contributed by atoms with E-state index in [4.69, 9.17) is 9.47 Å². The first-order valence-electron chi connectivity index (χ1n) is 11.1. The second kappa shape index (κ2) is 10.1. The third-order valence-corrected chi connectivity index (χ3v) is 6.53. The summed E-state index contributed by atoms with van der Waals surface area (Å²) in [4.78, 5) is 43.3. The molecule has 0 bridgehead atoms. The molecule has 2 aliphatic heterocycles. The van der Waals surface area contributed by atoms with E-state index in [9.17, 15) is 14.4 Å². The summed E-state index contributed by atoms with van der Waals surface area (Å²) in [6, 6.07) is 15.7. The standard InChI is InChI=1S/C25H22N4O5S/c30-22(27-17-7-10-20-21(13-17)34-15-33-20)14-35-25-19(3-1-11-26-25)24(32)28-16-5-8-18(9-6-16)29-12-2-4-23(29)31/h1,3,5-11,13H,2,4,12,14-15H2,(H,27,30)(H,28,32). The minimum atomic E-state index is -0.332. The largest absolute Gasteiger partial charge is 0.454 e. The Kier molecular flexibility index (Phi) is 6.53. The van der Waals surface area contributed by atoms with Crippen LogP contribution >= 0.6 is 11.8 Å². The van der Waals surface area contributed by atoms with Crippen molar-refractivity contribution >= 4 is 46.5 Å². The van der Waals surface area contributed by atoms with Crippen LogP contribution in [-0.2, 0) is 9.59 Å². The molecule has 0 unspecified atom stereocenters. The van der Waals surface area contributed by atoms with Crippen LogP contribution in [0.25, 0.3) is 0 Å². The number of pyridine rings is 1. The Morgan fingerprint density at radius 2 is 1.80 bits per heavy atom. The van der Waals surface area contributed by atoms with Crippen LogP contribution in [0.1, 0.15) is 23.2 Å². The summed E-state index contributed by atoms with van der Waals surface area (Å²) < 4.78 is 10.6. The molecule has 0 atom stereocenters. The highest BCUT2D eigenvalue weighted by Gasteiger charge is 2.22. The highest BCUT2D eigenvalue weighted by molar-refractivity contribution is 8.00. The van der Waals surface area contributed by atoms with E-state index in [1.807, 2.05) is 12.1 Å². The number of amides is 3. The molecule has 1 saturated heterocycles. The SMILES string of the molecule is O=C(CSc1ncccc1C(=O)Nc1ccc(N2CCCC2=O)cc1)Nc1ccc2c(c1)OCO2. The molecule has 178 valence electrons. The number of nitrogens with one attached hydrogen (secondary N) is 2. The van der Waals surface area contributed by atoms with Crippen LogP contribution in [0, 0.1) is 0 Å². The number of carbonyl (C=O) groups is 3. The Morgan fingerprint density at radius 1 is 1.00 bits per heavy atom. The van der Waals surface area contributed by atoms with Gasteiger partial charge in [-0.15, -0.1) is 0 Å². The molecule has 0 radical (unpaired) electrons. The minimum absolute atomic E-state index is 0.0737. The highest BCUT2D eigenvalue weighted by atomic mass is 32.2. The molecule has 3 heterocycles. The topological polar surface area (TPSA) is 110 Å². The van der Waals surface area contributed by atoms with Gasteiger partial charge in [-0.2, -0.15) is 0 Å². The fourth-order valence-corrected chi connectivity index (χ4v) is 4.62. The maximum atomic E-state index is 12.9. The van der Waals surface area contributed by atoms with Gasteiger partial charge in [0.2, 0.25) is 18.6 Å². The number of nitrogens with zero attached hydrogens (tertiary/aromatic N) is 2. The van der Waals surface area contributed by atoms with E-state index in [1.165, 1.54) is 11.8 Å². The van der Waals surface area contributed by atoms with Gasteiger partial charge in [0.25, 0.3) is 5.91 Å². The van der Waals surface area contributed by atoms with Gasteiger partial charge in [-0.3, -0.25) is 14.4 Å². The lowest BCUT2D eigenvalue weighted by molar-refractivity contribution is -0.117. The molecule has 0 saturated carbocycles. The first-order chi connectivity index (χ1) is 17.1. The van der Waals surface area contributed by atoms with Crippen LogP contribution in [0.3, 0.4) is 0 Å². The zero-order valence-electron chi connectivity index (χ0n) is 18.7. The van der Waals surface area contributed by atoms with Gasteiger partial charge in [0, 0.05) is 42.3 Å². The molecular weight excluding hydrogens is 468 g/mol. The summed E-state index contributed by atoms with van der Waals surface area (Å²) in [6.45, 7) is 0.873. The minimum Gasteiger partial charge on any atom is -0.454 e. The molecule has 1 fully saturated rings. The fourth-order valence-electron chi connectivity index (χ4n) is 3.83. The van der Waals surface area contributed by atoms with Crippen LogP contribution in [0.15, 0.2) is 65.8 Å². The lowest BCUT2D eigenvalue weighted by atomic mass is 10.2. The van der Waals surface area contributed by atoms with E-state index in [-0.39, 0.29) is 30.3 Å². The van der Waals surface area contributed by atoms with Gasteiger partial charge in [0.15, 0.2) is 11.5 Å². The Balaban J connectivity index is 1.19. The molecule has 35 heavy (non-hydrogen) atoms. The number of rotatable bonds is 7. The predicted octanol–water partition coefficient (Wildman–Crippen LogP) is 3.92. The van der Waals surface area contributed by atoms with E-state index in [1.54, 1.807) is 53.6 Å². The molecule has 10 heteroatoms. The lowest BCUT2D eigenvalue weighted by Gasteiger charge is -2.16. The van der Waals surface area contributed by atoms with Crippen molar-refractivity contribution in [2.45, 2.75) is 17.9 Å². The molecule has 3 aromatic rings. The van der Waals surface area contributed by atoms with Crippen molar-refractivity contribution in [3.63, 3.8) is 0 Å². The number of aromatic nitrogens is 1. The zero-order chi connectivity index (χ0) is 24.2. The first-order valence-corrected chi connectivity index (χ1v) is 12.0. The third kappa shape index (κ3) is 5.22. The zero-order valence-corrected chi connectivity index (χ0v) is 19.5. The van der Waals surface area contributed by atoms with Crippen LogP contribution in [-0.4, -0.2) is 41.8 Å². The average Bonchev–Trinajstić information content (AvgIpc) is 3.52. The normalized spacial score (nSPS) is 14.2. The van der Waals surface area contributed by atoms with Gasteiger partial charge in [-0.05, 0) is 55.0 Å². The fraction of sp³-hybridized carbons (Fsp3) is 0.200. The van der Waals surface area contributed by atoms with Crippen molar-refractivity contribution in [1.82, 2.24) is 4.98 Å². The average molecular weight is 491 g/mol. The first kappa shape index (κ1) is 22.7. The van der Waals surface area contributed by atoms with Crippen molar-refractivity contribution in [2.75, 3.05) is 34.6 Å². The second-order valence-electron chi connectivity index (χ2n) is 7.91. The lowest BCUT2D eigenvalue weighted by Crippen LogP contribution is -2.23. The van der Waals surface area contributed by atoms with E-state index < -0.39 is 0 Å². The third-order valence-electron chi connectivity index (χ3n) is 5.52. The Bertz CT molecular complexity index is 1280. The van der Waals surface area contributed by atoms with Gasteiger partial charge >= 0.3 is 0 Å². The van der Waals surface area contributed by atoms with E-state index >= 15 is 0 Å². The summed E-state index contributed by atoms with van der Waals surface area (Å²) >= 11 is 1.17. The number of fused-ring (bicyclic) bond motifs is 1. The molecule has 5 rings (SSSR count). The van der Waals surface area contributed by atoms with Crippen molar-refractivity contribution in [2.24, 2.45) is 0 Å². The van der Waals surface area contributed by atoms with Gasteiger partial charge in [-0.25, -0.2) is 4.98 Å². The van der Waals surface area contributed by atoms with E-state index in [2.05, 4.69) is 15.6 Å². The monoisotopic (exact) mass is 490 g/mol. The summed E-state index contributed by atoms with van der Waals surface area (Å²) in [5.74, 6) is 0.838. The highest BCUT2D eigenvalue weighted by Crippen LogP contribution is 2.34. The second-order valence-corrected chi connectivity index (χ2v) is 8.87. The van der Waals surface area contributed by atoms with Gasteiger partial charge in [-0.1, -0.05) is 11.8 Å². The van der Waals surface area contributed by atoms with Crippen LogP contribution in [0.2, 0.25) is 0 Å². The molecule has 3 amide bonds. The van der Waals surface area contributed by atoms with E-state index in [0.29, 0.717) is 46.4 Å². The summed E-state index contributed by atoms with van der Waals surface area (Å²) in [6.07, 6.45) is 3.00. The summed E-state index contributed by atoms with van der Waals surface area (Å²) in [5.41, 5.74) is 2.38. The maximum absolute atomic E-state index is 12.9. The summed E-state index contributed by atoms with van der Waals surface area (Å²) in [7, 11) is 0. The number of hydrogen-bond acceptors (Lipinski definition) is 7. The van der Waals surface area contributed by atoms with Gasteiger partial charge < -0.3 is 25.0 Å². The molecule has 0 spiro atoms. The molecule has 9 nitrogen and oxygen atoms in total. The number of thioether (sulfide) groups is 1. The molecule has 2 N–H and O–H groups in total. The van der Waals surface area contributed by atoms with Crippen LogP contribution in [0.5, 0.6) is 11.5 Å². The van der Waals surface area contributed by atoms with Crippen molar-refractivity contribution < 1.29 is 23.9 Å².